The van der Waals surface area contributed by atoms with Gasteiger partial charge in [-0.15, -0.1) is 0 Å². The molecule has 1 amide bonds. The Kier molecular flexibility index (Phi) is 7.59. The van der Waals surface area contributed by atoms with Crippen molar-refractivity contribution in [2.24, 2.45) is 0 Å². The average molecular weight is 526 g/mol. The van der Waals surface area contributed by atoms with Crippen LogP contribution in [0, 0.1) is 0 Å². The highest BCUT2D eigenvalue weighted by Crippen LogP contribution is 2.20. The van der Waals surface area contributed by atoms with Gasteiger partial charge in [0.05, 0.1) is 11.4 Å². The summed E-state index contributed by atoms with van der Waals surface area (Å²) in [6.45, 7) is 4.19. The molecule has 0 spiro atoms. The number of hydrogen-bond acceptors (Lipinski definition) is 7. The van der Waals surface area contributed by atoms with E-state index in [9.17, 15) is 13.2 Å². The molecule has 4 rings (SSSR count). The fourth-order valence-electron chi connectivity index (χ4n) is 4.05. The van der Waals surface area contributed by atoms with Crippen LogP contribution in [0.1, 0.15) is 37.4 Å². The van der Waals surface area contributed by atoms with Crippen LogP contribution in [0.3, 0.4) is 0 Å². The van der Waals surface area contributed by atoms with Crippen LogP contribution in [0.2, 0.25) is 0 Å². The van der Waals surface area contributed by atoms with Gasteiger partial charge < -0.3 is 9.42 Å². The molecule has 32 heavy (non-hydrogen) atoms. The molecule has 0 atom stereocenters. The third kappa shape index (κ3) is 5.75. The lowest BCUT2D eigenvalue weighted by atomic mass is 10.1. The van der Waals surface area contributed by atoms with E-state index < -0.39 is 10.0 Å². The monoisotopic (exact) mass is 525 g/mol. The molecule has 2 aliphatic heterocycles. The first kappa shape index (κ1) is 23.3. The molecule has 0 bridgehead atoms. The Morgan fingerprint density at radius 1 is 1.00 bits per heavy atom. The van der Waals surface area contributed by atoms with Crippen LogP contribution in [0.5, 0.6) is 0 Å². The highest BCUT2D eigenvalue weighted by molar-refractivity contribution is 9.10. The first-order chi connectivity index (χ1) is 15.4. The maximum Gasteiger partial charge on any atom is 0.243 e. The number of aromatic nitrogens is 2. The Morgan fingerprint density at radius 3 is 2.38 bits per heavy atom. The van der Waals surface area contributed by atoms with Gasteiger partial charge in [0.25, 0.3) is 0 Å². The average Bonchev–Trinajstić information content (AvgIpc) is 3.26. The molecule has 3 heterocycles. The summed E-state index contributed by atoms with van der Waals surface area (Å²) in [5.41, 5.74) is 0. The van der Waals surface area contributed by atoms with Crippen LogP contribution in [0.25, 0.3) is 0 Å². The molecule has 174 valence electrons. The number of halogens is 1. The van der Waals surface area contributed by atoms with Crippen LogP contribution in [-0.2, 0) is 27.8 Å². The zero-order valence-electron chi connectivity index (χ0n) is 17.9. The molecule has 2 saturated heterocycles. The smallest absolute Gasteiger partial charge is 0.243 e. The molecular formula is C21H28BrN5O4S. The summed E-state index contributed by atoms with van der Waals surface area (Å²) in [6, 6.07) is 6.69. The molecular weight excluding hydrogens is 498 g/mol. The third-order valence-electron chi connectivity index (χ3n) is 5.92. The van der Waals surface area contributed by atoms with Crippen LogP contribution in [0.15, 0.2) is 38.2 Å². The molecule has 1 aromatic heterocycles. The Balaban J connectivity index is 1.24. The molecule has 9 nitrogen and oxygen atoms in total. The van der Waals surface area contributed by atoms with E-state index >= 15 is 0 Å². The number of piperazine rings is 1. The van der Waals surface area contributed by atoms with Gasteiger partial charge in [-0.3, -0.25) is 9.69 Å². The summed E-state index contributed by atoms with van der Waals surface area (Å²) < 4.78 is 33.3. The third-order valence-corrected chi connectivity index (χ3v) is 8.36. The van der Waals surface area contributed by atoms with Gasteiger partial charge in [-0.25, -0.2) is 8.42 Å². The maximum atomic E-state index is 12.8. The van der Waals surface area contributed by atoms with E-state index in [0.717, 1.165) is 30.4 Å². The van der Waals surface area contributed by atoms with Crippen LogP contribution < -0.4 is 0 Å². The number of sulfonamides is 1. The largest absolute Gasteiger partial charge is 0.343 e. The van der Waals surface area contributed by atoms with E-state index in [2.05, 4.69) is 31.0 Å². The van der Waals surface area contributed by atoms with Gasteiger partial charge in [0.2, 0.25) is 21.8 Å². The Bertz CT molecular complexity index is 1010. The van der Waals surface area contributed by atoms with E-state index in [1.165, 1.54) is 10.7 Å². The quantitative estimate of drug-likeness (QED) is 0.546. The van der Waals surface area contributed by atoms with Crippen LogP contribution >= 0.6 is 15.9 Å². The van der Waals surface area contributed by atoms with Gasteiger partial charge >= 0.3 is 0 Å². The van der Waals surface area contributed by atoms with Gasteiger partial charge in [-0.05, 0) is 43.5 Å². The lowest BCUT2D eigenvalue weighted by Gasteiger charge is -2.33. The molecule has 2 aromatic rings. The molecule has 1 aromatic carbocycles. The number of piperidine rings is 1. The number of benzene rings is 1. The van der Waals surface area contributed by atoms with Crippen molar-refractivity contribution in [3.8, 4) is 0 Å². The van der Waals surface area contributed by atoms with Gasteiger partial charge in [0.1, 0.15) is 0 Å². The number of carbonyl (C=O) groups excluding carboxylic acids is 1. The van der Waals surface area contributed by atoms with Gasteiger partial charge in [-0.2, -0.15) is 9.29 Å². The minimum absolute atomic E-state index is 0.146. The zero-order chi connectivity index (χ0) is 22.6. The van der Waals surface area contributed by atoms with E-state index in [0.29, 0.717) is 62.2 Å². The van der Waals surface area contributed by atoms with Crippen molar-refractivity contribution in [3.05, 3.63) is 40.5 Å². The highest BCUT2D eigenvalue weighted by Gasteiger charge is 2.29. The fraction of sp³-hybridized carbons (Fsp3) is 0.571. The molecule has 0 saturated carbocycles. The van der Waals surface area contributed by atoms with E-state index in [-0.39, 0.29) is 5.91 Å². The van der Waals surface area contributed by atoms with E-state index in [1.54, 1.807) is 24.3 Å². The summed E-state index contributed by atoms with van der Waals surface area (Å²) >= 11 is 3.33. The highest BCUT2D eigenvalue weighted by atomic mass is 79.9. The van der Waals surface area contributed by atoms with Crippen molar-refractivity contribution in [3.63, 3.8) is 0 Å². The van der Waals surface area contributed by atoms with E-state index in [4.69, 9.17) is 4.52 Å². The summed E-state index contributed by atoms with van der Waals surface area (Å²) in [4.78, 5) is 21.0. The number of aryl methyl sites for hydroxylation is 1. The predicted octanol–water partition coefficient (Wildman–Crippen LogP) is 2.28. The normalized spacial score (nSPS) is 18.7. The van der Waals surface area contributed by atoms with E-state index in [1.807, 2.05) is 4.90 Å². The van der Waals surface area contributed by atoms with Crippen LogP contribution in [0.4, 0.5) is 0 Å². The molecule has 0 aliphatic carbocycles. The number of carbonyl (C=O) groups is 1. The van der Waals surface area contributed by atoms with Crippen LogP contribution in [-0.4, -0.2) is 77.8 Å². The molecule has 2 fully saturated rings. The zero-order valence-corrected chi connectivity index (χ0v) is 20.4. The van der Waals surface area contributed by atoms with Crippen molar-refractivity contribution in [2.75, 3.05) is 39.3 Å². The molecule has 0 radical (unpaired) electrons. The lowest BCUT2D eigenvalue weighted by molar-refractivity contribution is -0.132. The number of nitrogens with zero attached hydrogens (tertiary/aromatic N) is 5. The SMILES string of the molecule is O=C(CCc1nc(CN2CCN(S(=O)(=O)c3ccc(Br)cc3)CC2)no1)N1CCCCC1. The van der Waals surface area contributed by atoms with Crippen molar-refractivity contribution >= 4 is 31.9 Å². The molecule has 0 unspecified atom stereocenters. The maximum absolute atomic E-state index is 12.8. The first-order valence-electron chi connectivity index (χ1n) is 11.0. The number of hydrogen-bond donors (Lipinski definition) is 0. The minimum atomic E-state index is -3.50. The predicted molar refractivity (Wildman–Crippen MR) is 121 cm³/mol. The minimum Gasteiger partial charge on any atom is -0.343 e. The summed E-state index contributed by atoms with van der Waals surface area (Å²) in [7, 11) is -3.50. The number of rotatable bonds is 7. The van der Waals surface area contributed by atoms with Crippen molar-refractivity contribution in [1.82, 2.24) is 24.2 Å². The number of likely N-dealkylation sites (tertiary alicyclic amines) is 1. The van der Waals surface area contributed by atoms with Crippen molar-refractivity contribution < 1.29 is 17.7 Å². The Morgan fingerprint density at radius 2 is 1.69 bits per heavy atom. The van der Waals surface area contributed by atoms with Gasteiger partial charge in [0.15, 0.2) is 5.82 Å². The topological polar surface area (TPSA) is 99.9 Å². The molecule has 2 aliphatic rings. The summed E-state index contributed by atoms with van der Waals surface area (Å²) in [5, 5.41) is 4.04. The fourth-order valence-corrected chi connectivity index (χ4v) is 5.74. The molecule has 0 N–H and O–H groups in total. The van der Waals surface area contributed by atoms with Gasteiger partial charge in [0, 0.05) is 56.6 Å². The van der Waals surface area contributed by atoms with Gasteiger partial charge in [-0.1, -0.05) is 21.1 Å². The summed E-state index contributed by atoms with van der Waals surface area (Å²) in [6.07, 6.45) is 4.18. The van der Waals surface area contributed by atoms with Crippen molar-refractivity contribution in [2.45, 2.75) is 43.5 Å². The number of amides is 1. The first-order valence-corrected chi connectivity index (χ1v) is 13.2. The van der Waals surface area contributed by atoms with Crippen molar-refractivity contribution in [1.29, 1.82) is 0 Å². The standard InChI is InChI=1S/C21H28BrN5O4S/c22-17-4-6-18(7-5-17)32(29,30)27-14-12-25(13-15-27)16-19-23-20(31-24-19)8-9-21(28)26-10-2-1-3-11-26/h4-7H,1-3,8-16H2. The second-order valence-corrected chi connectivity index (χ2v) is 11.0. The second kappa shape index (κ2) is 10.4. The Labute approximate surface area is 196 Å². The summed E-state index contributed by atoms with van der Waals surface area (Å²) in [5.74, 6) is 1.18. The lowest BCUT2D eigenvalue weighted by Crippen LogP contribution is -2.48. The Hall–Kier alpha value is -1.82. The molecule has 11 heteroatoms. The second-order valence-electron chi connectivity index (χ2n) is 8.18.